The van der Waals surface area contributed by atoms with E-state index in [0.717, 1.165) is 18.9 Å². The molecule has 4 atom stereocenters. The van der Waals surface area contributed by atoms with Crippen LogP contribution in [0.5, 0.6) is 0 Å². The van der Waals surface area contributed by atoms with E-state index in [-0.39, 0.29) is 12.3 Å². The van der Waals surface area contributed by atoms with Crippen molar-refractivity contribution in [2.45, 2.75) is 64.3 Å². The van der Waals surface area contributed by atoms with Crippen LogP contribution in [0.2, 0.25) is 25.2 Å². The largest absolute Gasteiger partial charge is 0.478 e. The van der Waals surface area contributed by atoms with Gasteiger partial charge in [-0.2, -0.15) is 0 Å². The molecule has 0 saturated heterocycles. The Morgan fingerprint density at radius 1 is 1.41 bits per heavy atom. The van der Waals surface area contributed by atoms with Crippen LogP contribution < -0.4 is 0 Å². The molecule has 3 heteroatoms. The van der Waals surface area contributed by atoms with Crippen molar-refractivity contribution in [2.75, 3.05) is 6.61 Å². The number of aliphatic imine (C=N–C) groups is 1. The molecule has 0 aromatic carbocycles. The first-order valence-corrected chi connectivity index (χ1v) is 10.5. The van der Waals surface area contributed by atoms with E-state index in [2.05, 4.69) is 33.5 Å². The monoisotopic (exact) mass is 254 g/mol. The molecule has 0 bridgehead atoms. The van der Waals surface area contributed by atoms with E-state index < -0.39 is 8.07 Å². The smallest absolute Gasteiger partial charge is 0.186 e. The van der Waals surface area contributed by atoms with Gasteiger partial charge in [0.1, 0.15) is 6.61 Å². The minimum Gasteiger partial charge on any atom is -0.478 e. The first-order valence-electron chi connectivity index (χ1n) is 7.51. The Morgan fingerprint density at radius 2 is 2.12 bits per heavy atom. The highest BCUT2D eigenvalue weighted by atomic mass is 28.3. The minimum absolute atomic E-state index is 0.00591. The third-order valence-electron chi connectivity index (χ3n) is 4.19. The molecule has 0 aromatic heterocycles. The van der Waals surface area contributed by atoms with E-state index in [4.69, 9.17) is 11.1 Å². The topological polar surface area (TPSA) is 21.6 Å². The van der Waals surface area contributed by atoms with Crippen molar-refractivity contribution >= 4 is 14.0 Å². The zero-order chi connectivity index (χ0) is 13.5. The van der Waals surface area contributed by atoms with Crippen LogP contribution in [0.15, 0.2) is 4.99 Å². The van der Waals surface area contributed by atoms with Crippen molar-refractivity contribution in [3.63, 3.8) is 0 Å². The quantitative estimate of drug-likeness (QED) is 0.699. The molecule has 3 unspecified atom stereocenters. The molecule has 17 heavy (non-hydrogen) atoms. The summed E-state index contributed by atoms with van der Waals surface area (Å²) in [7, 11) is -1.23. The Bertz CT molecular complexity index is 337. The van der Waals surface area contributed by atoms with Crippen LogP contribution in [0.1, 0.15) is 34.5 Å². The Hall–Kier alpha value is -0.313. The highest BCUT2D eigenvalue weighted by molar-refractivity contribution is 6.77. The van der Waals surface area contributed by atoms with E-state index in [1.807, 2.05) is 0 Å². The number of rotatable bonds is 3. The summed E-state index contributed by atoms with van der Waals surface area (Å²) in [5.41, 5.74) is 0.671. The average Bonchev–Trinajstić information content (AvgIpc) is 2.81. The SMILES string of the molecule is [2H]C1CCC([Si](C)(C)C)C1C1=N[C@@H](C(C)C)CO1. The van der Waals surface area contributed by atoms with Crippen LogP contribution in [-0.4, -0.2) is 26.6 Å². The zero-order valence-corrected chi connectivity index (χ0v) is 12.9. The Labute approximate surface area is 108 Å². The van der Waals surface area contributed by atoms with Crippen LogP contribution in [0.25, 0.3) is 0 Å². The second-order valence-corrected chi connectivity index (χ2v) is 12.4. The van der Waals surface area contributed by atoms with E-state index in [1.54, 1.807) is 0 Å². The van der Waals surface area contributed by atoms with Crippen LogP contribution in [-0.2, 0) is 4.74 Å². The lowest BCUT2D eigenvalue weighted by Gasteiger charge is -2.30. The van der Waals surface area contributed by atoms with Gasteiger partial charge < -0.3 is 4.74 Å². The molecule has 0 aromatic rings. The third kappa shape index (κ3) is 2.75. The van der Waals surface area contributed by atoms with Gasteiger partial charge in [-0.15, -0.1) is 0 Å². The lowest BCUT2D eigenvalue weighted by atomic mass is 10.1. The molecule has 1 aliphatic heterocycles. The van der Waals surface area contributed by atoms with Crippen molar-refractivity contribution in [1.29, 1.82) is 0 Å². The maximum Gasteiger partial charge on any atom is 0.186 e. The van der Waals surface area contributed by atoms with Crippen LogP contribution in [0.4, 0.5) is 0 Å². The van der Waals surface area contributed by atoms with Crippen molar-refractivity contribution in [2.24, 2.45) is 16.8 Å². The van der Waals surface area contributed by atoms with Gasteiger partial charge in [0.25, 0.3) is 0 Å². The van der Waals surface area contributed by atoms with E-state index in [9.17, 15) is 0 Å². The molecular formula is C14H27NOSi. The minimum atomic E-state index is -1.23. The standard InChI is InChI=1S/C14H27NOSi/c1-10(2)12-9-16-14(15-12)11-7-6-8-13(11)17(3,4)5/h10-13H,6-9H2,1-5H3/t11?,12-,13?/m1/s1/i7D/t7?,11?,12-,13?. The Kier molecular flexibility index (Phi) is 3.29. The van der Waals surface area contributed by atoms with Gasteiger partial charge in [0.05, 0.1) is 6.04 Å². The summed E-state index contributed by atoms with van der Waals surface area (Å²) in [5.74, 6) is 1.73. The predicted molar refractivity (Wildman–Crippen MR) is 76.5 cm³/mol. The average molecular weight is 254 g/mol. The van der Waals surface area contributed by atoms with E-state index in [0.29, 0.717) is 17.5 Å². The Balaban J connectivity index is 2.18. The molecule has 2 nitrogen and oxygen atoms in total. The molecule has 1 heterocycles. The van der Waals surface area contributed by atoms with Gasteiger partial charge in [-0.3, -0.25) is 0 Å². The predicted octanol–water partition coefficient (Wildman–Crippen LogP) is 3.95. The molecule has 98 valence electrons. The highest BCUT2D eigenvalue weighted by Gasteiger charge is 2.42. The van der Waals surface area contributed by atoms with Gasteiger partial charge in [0, 0.05) is 15.4 Å². The molecule has 1 fully saturated rings. The number of hydrogen-bond donors (Lipinski definition) is 0. The van der Waals surface area contributed by atoms with Crippen LogP contribution >= 0.6 is 0 Å². The number of hydrogen-bond acceptors (Lipinski definition) is 2. The van der Waals surface area contributed by atoms with Crippen molar-refractivity contribution < 1.29 is 6.11 Å². The first kappa shape index (κ1) is 11.8. The summed E-state index contributed by atoms with van der Waals surface area (Å²) in [4.78, 5) is 4.78. The molecule has 0 spiro atoms. The lowest BCUT2D eigenvalue weighted by Crippen LogP contribution is -2.33. The van der Waals surface area contributed by atoms with Gasteiger partial charge in [-0.05, 0) is 17.9 Å². The first-order chi connectivity index (χ1) is 8.30. The van der Waals surface area contributed by atoms with E-state index >= 15 is 0 Å². The van der Waals surface area contributed by atoms with Gasteiger partial charge in [-0.1, -0.05) is 46.3 Å². The van der Waals surface area contributed by atoms with Gasteiger partial charge in [0.15, 0.2) is 5.90 Å². The molecule has 2 aliphatic rings. The summed E-state index contributed by atoms with van der Waals surface area (Å²) < 4.78 is 14.2. The van der Waals surface area contributed by atoms with Crippen LogP contribution in [0.3, 0.4) is 0 Å². The second kappa shape index (κ2) is 4.75. The van der Waals surface area contributed by atoms with Gasteiger partial charge >= 0.3 is 0 Å². The van der Waals surface area contributed by atoms with E-state index in [1.165, 1.54) is 6.42 Å². The summed E-state index contributed by atoms with van der Waals surface area (Å²) >= 11 is 0. The highest BCUT2D eigenvalue weighted by Crippen LogP contribution is 2.45. The van der Waals surface area contributed by atoms with Crippen molar-refractivity contribution in [3.8, 4) is 0 Å². The fourth-order valence-electron chi connectivity index (χ4n) is 2.98. The van der Waals surface area contributed by atoms with Gasteiger partial charge in [0.2, 0.25) is 0 Å². The van der Waals surface area contributed by atoms with Gasteiger partial charge in [-0.25, -0.2) is 4.99 Å². The maximum atomic E-state index is 8.30. The molecule has 0 N–H and O–H groups in total. The number of nitrogens with zero attached hydrogens (tertiary/aromatic N) is 1. The summed E-state index contributed by atoms with van der Waals surface area (Å²) in [5, 5.41) is 0. The molecule has 1 saturated carbocycles. The van der Waals surface area contributed by atoms with Crippen molar-refractivity contribution in [3.05, 3.63) is 0 Å². The maximum absolute atomic E-state index is 8.30. The molecule has 1 aliphatic carbocycles. The van der Waals surface area contributed by atoms with Crippen LogP contribution in [0, 0.1) is 11.8 Å². The zero-order valence-electron chi connectivity index (χ0n) is 12.9. The molecule has 0 amide bonds. The third-order valence-corrected chi connectivity index (χ3v) is 7.07. The fraction of sp³-hybridized carbons (Fsp3) is 0.929. The summed E-state index contributed by atoms with van der Waals surface area (Å²) in [6, 6.07) is 0.315. The summed E-state index contributed by atoms with van der Waals surface area (Å²) in [6.45, 7) is 12.4. The molecule has 2 rings (SSSR count). The van der Waals surface area contributed by atoms with Crippen molar-refractivity contribution in [1.82, 2.24) is 0 Å². The summed E-state index contributed by atoms with van der Waals surface area (Å²) in [6.07, 6.45) is 2.23. The second-order valence-electron chi connectivity index (χ2n) is 6.90. The lowest BCUT2D eigenvalue weighted by molar-refractivity contribution is 0.276. The molecule has 0 radical (unpaired) electrons. The Morgan fingerprint density at radius 3 is 2.65 bits per heavy atom. The normalized spacial score (nSPS) is 39.2. The number of ether oxygens (including phenoxy) is 1. The fourth-order valence-corrected chi connectivity index (χ4v) is 5.37. The molecular weight excluding hydrogens is 226 g/mol.